The summed E-state index contributed by atoms with van der Waals surface area (Å²) in [5.74, 6) is 0.952. The second-order valence-corrected chi connectivity index (χ2v) is 4.58. The van der Waals surface area contributed by atoms with Crippen LogP contribution in [0.1, 0.15) is 22.3 Å². The summed E-state index contributed by atoms with van der Waals surface area (Å²) in [4.78, 5) is 0. The smallest absolute Gasteiger partial charge is 0.122 e. The summed E-state index contributed by atoms with van der Waals surface area (Å²) < 4.78 is 5.86. The molecule has 0 unspecified atom stereocenters. The third-order valence-electron chi connectivity index (χ3n) is 2.97. The summed E-state index contributed by atoms with van der Waals surface area (Å²) in [6, 6.07) is 14.4. The lowest BCUT2D eigenvalue weighted by Gasteiger charge is -2.10. The van der Waals surface area contributed by atoms with Crippen LogP contribution >= 0.6 is 0 Å². The van der Waals surface area contributed by atoms with Gasteiger partial charge in [-0.1, -0.05) is 36.4 Å². The Kier molecular flexibility index (Phi) is 4.00. The molecule has 0 aliphatic rings. The third-order valence-corrected chi connectivity index (χ3v) is 2.97. The van der Waals surface area contributed by atoms with Crippen molar-refractivity contribution in [2.75, 3.05) is 0 Å². The quantitative estimate of drug-likeness (QED) is 0.891. The molecule has 0 heterocycles. The molecule has 0 radical (unpaired) electrons. The molecule has 0 amide bonds. The molecule has 0 fully saturated rings. The number of benzene rings is 2. The van der Waals surface area contributed by atoms with Gasteiger partial charge in [-0.25, -0.2) is 0 Å². The molecule has 0 saturated carbocycles. The van der Waals surface area contributed by atoms with E-state index >= 15 is 0 Å². The second-order valence-electron chi connectivity index (χ2n) is 4.58. The maximum Gasteiger partial charge on any atom is 0.122 e. The van der Waals surface area contributed by atoms with Crippen LogP contribution in [0.15, 0.2) is 42.5 Å². The van der Waals surface area contributed by atoms with Crippen LogP contribution in [0.25, 0.3) is 0 Å². The van der Waals surface area contributed by atoms with Gasteiger partial charge in [0.1, 0.15) is 12.4 Å². The van der Waals surface area contributed by atoms with Crippen molar-refractivity contribution in [3.05, 3.63) is 64.7 Å². The van der Waals surface area contributed by atoms with Gasteiger partial charge in [0.2, 0.25) is 0 Å². The molecular formula is C16H19NO. The van der Waals surface area contributed by atoms with Crippen LogP contribution in [0.2, 0.25) is 0 Å². The first kappa shape index (κ1) is 12.7. The van der Waals surface area contributed by atoms with Crippen molar-refractivity contribution in [2.45, 2.75) is 27.0 Å². The van der Waals surface area contributed by atoms with E-state index in [1.807, 2.05) is 12.1 Å². The van der Waals surface area contributed by atoms with Crippen molar-refractivity contribution in [1.82, 2.24) is 0 Å². The van der Waals surface area contributed by atoms with Gasteiger partial charge >= 0.3 is 0 Å². The summed E-state index contributed by atoms with van der Waals surface area (Å²) in [6.45, 7) is 5.28. The van der Waals surface area contributed by atoms with Gasteiger partial charge in [-0.15, -0.1) is 0 Å². The number of rotatable bonds is 4. The second kappa shape index (κ2) is 5.69. The molecule has 2 rings (SSSR count). The summed E-state index contributed by atoms with van der Waals surface area (Å²) in [5.41, 5.74) is 10.3. The van der Waals surface area contributed by atoms with E-state index in [0.29, 0.717) is 13.2 Å². The first-order chi connectivity index (χ1) is 8.69. The Morgan fingerprint density at radius 3 is 2.56 bits per heavy atom. The van der Waals surface area contributed by atoms with Gasteiger partial charge in [0, 0.05) is 6.54 Å². The number of ether oxygens (including phenoxy) is 1. The Morgan fingerprint density at radius 2 is 1.78 bits per heavy atom. The Bertz CT molecular complexity index is 534. The molecular weight excluding hydrogens is 222 g/mol. The minimum absolute atomic E-state index is 0.567. The Hall–Kier alpha value is -1.80. The van der Waals surface area contributed by atoms with Crippen LogP contribution in [0, 0.1) is 13.8 Å². The highest BCUT2D eigenvalue weighted by atomic mass is 16.5. The molecule has 0 spiro atoms. The molecule has 0 aromatic heterocycles. The molecule has 0 atom stereocenters. The molecule has 2 nitrogen and oxygen atoms in total. The zero-order chi connectivity index (χ0) is 13.0. The van der Waals surface area contributed by atoms with E-state index < -0.39 is 0 Å². The van der Waals surface area contributed by atoms with Gasteiger partial charge in [-0.05, 0) is 42.2 Å². The number of hydrogen-bond acceptors (Lipinski definition) is 2. The van der Waals surface area contributed by atoms with Gasteiger partial charge in [-0.3, -0.25) is 0 Å². The third kappa shape index (κ3) is 3.11. The van der Waals surface area contributed by atoms with Gasteiger partial charge in [0.15, 0.2) is 0 Å². The predicted molar refractivity (Wildman–Crippen MR) is 74.6 cm³/mol. The first-order valence-electron chi connectivity index (χ1n) is 6.17. The van der Waals surface area contributed by atoms with E-state index in [1.165, 1.54) is 5.56 Å². The fourth-order valence-electron chi connectivity index (χ4n) is 1.87. The largest absolute Gasteiger partial charge is 0.489 e. The Balaban J connectivity index is 2.08. The Labute approximate surface area is 108 Å². The summed E-state index contributed by atoms with van der Waals surface area (Å²) in [6.07, 6.45) is 0. The minimum atomic E-state index is 0.567. The predicted octanol–water partition coefficient (Wildman–Crippen LogP) is 3.34. The molecule has 2 aromatic rings. The van der Waals surface area contributed by atoms with E-state index in [1.54, 1.807) is 0 Å². The molecule has 0 aliphatic heterocycles. The zero-order valence-corrected chi connectivity index (χ0v) is 10.9. The van der Waals surface area contributed by atoms with Gasteiger partial charge < -0.3 is 10.5 Å². The van der Waals surface area contributed by atoms with Gasteiger partial charge in [0.25, 0.3) is 0 Å². The zero-order valence-electron chi connectivity index (χ0n) is 10.9. The maximum atomic E-state index is 5.86. The average Bonchev–Trinajstić information content (AvgIpc) is 2.40. The minimum Gasteiger partial charge on any atom is -0.489 e. The summed E-state index contributed by atoms with van der Waals surface area (Å²) in [7, 11) is 0. The normalized spacial score (nSPS) is 10.4. The fraction of sp³-hybridized carbons (Fsp3) is 0.250. The maximum absolute atomic E-state index is 5.86. The first-order valence-corrected chi connectivity index (χ1v) is 6.17. The van der Waals surface area contributed by atoms with Gasteiger partial charge in [0.05, 0.1) is 0 Å². The van der Waals surface area contributed by atoms with Crippen LogP contribution in [0.3, 0.4) is 0 Å². The lowest BCUT2D eigenvalue weighted by Crippen LogP contribution is -2.00. The summed E-state index contributed by atoms with van der Waals surface area (Å²) >= 11 is 0. The molecule has 0 aliphatic carbocycles. The number of nitrogens with two attached hydrogens (primary N) is 1. The van der Waals surface area contributed by atoms with Crippen LogP contribution in [0.4, 0.5) is 0 Å². The van der Waals surface area contributed by atoms with Crippen molar-refractivity contribution < 1.29 is 4.74 Å². The topological polar surface area (TPSA) is 35.2 Å². The van der Waals surface area contributed by atoms with Crippen molar-refractivity contribution >= 4 is 0 Å². The van der Waals surface area contributed by atoms with Gasteiger partial charge in [-0.2, -0.15) is 0 Å². The molecule has 2 aromatic carbocycles. The SMILES string of the molecule is Cc1ccc(C)c(OCc2cccc(CN)c2)c1. The summed E-state index contributed by atoms with van der Waals surface area (Å²) in [5, 5.41) is 0. The van der Waals surface area contributed by atoms with Crippen molar-refractivity contribution in [1.29, 1.82) is 0 Å². The van der Waals surface area contributed by atoms with E-state index in [-0.39, 0.29) is 0 Å². The molecule has 0 saturated heterocycles. The monoisotopic (exact) mass is 241 g/mol. The van der Waals surface area contributed by atoms with E-state index in [2.05, 4.69) is 44.2 Å². The molecule has 2 N–H and O–H groups in total. The molecule has 18 heavy (non-hydrogen) atoms. The molecule has 2 heteroatoms. The van der Waals surface area contributed by atoms with E-state index in [4.69, 9.17) is 10.5 Å². The Morgan fingerprint density at radius 1 is 1.00 bits per heavy atom. The lowest BCUT2D eigenvalue weighted by atomic mass is 10.1. The average molecular weight is 241 g/mol. The standard InChI is InChI=1S/C16H19NO/c1-12-6-7-13(2)16(8-12)18-11-15-5-3-4-14(9-15)10-17/h3-9H,10-11,17H2,1-2H3. The van der Waals surface area contributed by atoms with Crippen LogP contribution in [-0.4, -0.2) is 0 Å². The molecule has 0 bridgehead atoms. The van der Waals surface area contributed by atoms with E-state index in [9.17, 15) is 0 Å². The van der Waals surface area contributed by atoms with Crippen LogP contribution < -0.4 is 10.5 Å². The van der Waals surface area contributed by atoms with Crippen molar-refractivity contribution in [2.24, 2.45) is 5.73 Å². The highest BCUT2D eigenvalue weighted by Gasteiger charge is 2.01. The molecule has 94 valence electrons. The lowest BCUT2D eigenvalue weighted by molar-refractivity contribution is 0.304. The van der Waals surface area contributed by atoms with E-state index in [0.717, 1.165) is 22.4 Å². The number of aryl methyl sites for hydroxylation is 2. The fourth-order valence-corrected chi connectivity index (χ4v) is 1.87. The highest BCUT2D eigenvalue weighted by molar-refractivity contribution is 5.36. The van der Waals surface area contributed by atoms with Crippen LogP contribution in [0.5, 0.6) is 5.75 Å². The highest BCUT2D eigenvalue weighted by Crippen LogP contribution is 2.20. The van der Waals surface area contributed by atoms with Crippen molar-refractivity contribution in [3.8, 4) is 5.75 Å². The van der Waals surface area contributed by atoms with Crippen LogP contribution in [-0.2, 0) is 13.2 Å². The number of hydrogen-bond donors (Lipinski definition) is 1. The van der Waals surface area contributed by atoms with Crippen molar-refractivity contribution in [3.63, 3.8) is 0 Å².